The van der Waals surface area contributed by atoms with Crippen LogP contribution in [0.2, 0.25) is 5.02 Å². The molecule has 0 aromatic heterocycles. The molecule has 2 rings (SSSR count). The minimum absolute atomic E-state index is 0.424. The van der Waals surface area contributed by atoms with Crippen LogP contribution in [0.3, 0.4) is 0 Å². The summed E-state index contributed by atoms with van der Waals surface area (Å²) in [6.45, 7) is 3.29. The van der Waals surface area contributed by atoms with Crippen molar-refractivity contribution in [2.75, 3.05) is 33.3 Å². The van der Waals surface area contributed by atoms with E-state index < -0.39 is 18.5 Å². The predicted octanol–water partition coefficient (Wildman–Crippen LogP) is 4.18. The minimum atomic E-state index is -0.686. The Hall–Kier alpha value is -3.19. The van der Waals surface area contributed by atoms with E-state index >= 15 is 0 Å². The first-order valence-corrected chi connectivity index (χ1v) is 9.38. The van der Waals surface area contributed by atoms with Crippen molar-refractivity contribution in [1.29, 1.82) is 0 Å². The fourth-order valence-corrected chi connectivity index (χ4v) is 3.14. The molecule has 2 aromatic rings. The standard InChI is InChI=1S/C22H24ClNO6/c1-13-8-14(2)22(16(23)9-13)24-20(25)12-30-21(26)7-6-15-10-18(28-4)19(29-5)11-17(15)27-3/h6-11H,12H2,1-5H3,(H,24,25)/b7-6+. The van der Waals surface area contributed by atoms with Gasteiger partial charge in [0.15, 0.2) is 18.1 Å². The molecule has 30 heavy (non-hydrogen) atoms. The van der Waals surface area contributed by atoms with Crippen LogP contribution in [0.15, 0.2) is 30.3 Å². The molecule has 8 heteroatoms. The van der Waals surface area contributed by atoms with Crippen LogP contribution in [0.5, 0.6) is 17.2 Å². The predicted molar refractivity (Wildman–Crippen MR) is 116 cm³/mol. The van der Waals surface area contributed by atoms with Gasteiger partial charge < -0.3 is 24.3 Å². The second kappa shape index (κ2) is 10.5. The van der Waals surface area contributed by atoms with Crippen LogP contribution in [0, 0.1) is 13.8 Å². The molecule has 160 valence electrons. The van der Waals surface area contributed by atoms with Gasteiger partial charge in [-0.15, -0.1) is 0 Å². The summed E-state index contributed by atoms with van der Waals surface area (Å²) in [6.07, 6.45) is 2.70. The Labute approximate surface area is 180 Å². The summed E-state index contributed by atoms with van der Waals surface area (Å²) in [6, 6.07) is 6.95. The number of benzene rings is 2. The zero-order valence-corrected chi connectivity index (χ0v) is 18.3. The molecule has 0 bridgehead atoms. The van der Waals surface area contributed by atoms with Crippen molar-refractivity contribution in [3.63, 3.8) is 0 Å². The van der Waals surface area contributed by atoms with Gasteiger partial charge in [-0.1, -0.05) is 17.7 Å². The highest BCUT2D eigenvalue weighted by Gasteiger charge is 2.12. The number of ether oxygens (including phenoxy) is 4. The third-order valence-corrected chi connectivity index (χ3v) is 4.47. The quantitative estimate of drug-likeness (QED) is 0.496. The van der Waals surface area contributed by atoms with Gasteiger partial charge in [-0.05, 0) is 43.2 Å². The summed E-state index contributed by atoms with van der Waals surface area (Å²) in [5, 5.41) is 3.08. The molecule has 0 saturated heterocycles. The van der Waals surface area contributed by atoms with E-state index in [0.29, 0.717) is 33.5 Å². The summed E-state index contributed by atoms with van der Waals surface area (Å²) in [5.41, 5.74) is 2.88. The molecule has 1 amide bonds. The molecule has 7 nitrogen and oxygen atoms in total. The Morgan fingerprint density at radius 3 is 2.20 bits per heavy atom. The Kier molecular flexibility index (Phi) is 8.12. The lowest BCUT2D eigenvalue weighted by Crippen LogP contribution is -2.20. The van der Waals surface area contributed by atoms with Gasteiger partial charge in [0, 0.05) is 17.7 Å². The number of nitrogens with one attached hydrogen (secondary N) is 1. The summed E-state index contributed by atoms with van der Waals surface area (Å²) in [7, 11) is 4.52. The number of carbonyl (C=O) groups is 2. The van der Waals surface area contributed by atoms with E-state index in [-0.39, 0.29) is 0 Å². The lowest BCUT2D eigenvalue weighted by atomic mass is 10.1. The van der Waals surface area contributed by atoms with E-state index in [1.165, 1.54) is 33.5 Å². The number of rotatable bonds is 8. The van der Waals surface area contributed by atoms with Gasteiger partial charge in [0.1, 0.15) is 5.75 Å². The average molecular weight is 434 g/mol. The van der Waals surface area contributed by atoms with Gasteiger partial charge in [0.25, 0.3) is 5.91 Å². The zero-order chi connectivity index (χ0) is 22.3. The number of aryl methyl sites for hydroxylation is 2. The summed E-state index contributed by atoms with van der Waals surface area (Å²) >= 11 is 6.17. The molecular weight excluding hydrogens is 410 g/mol. The van der Waals surface area contributed by atoms with Crippen LogP contribution in [-0.2, 0) is 14.3 Å². The van der Waals surface area contributed by atoms with E-state index in [2.05, 4.69) is 5.32 Å². The topological polar surface area (TPSA) is 83.1 Å². The second-order valence-corrected chi connectivity index (χ2v) is 6.78. The molecule has 0 aliphatic carbocycles. The molecular formula is C22H24ClNO6. The van der Waals surface area contributed by atoms with Crippen LogP contribution in [-0.4, -0.2) is 39.8 Å². The first-order chi connectivity index (χ1) is 14.3. The normalized spacial score (nSPS) is 10.6. The first kappa shape index (κ1) is 23.1. The van der Waals surface area contributed by atoms with Gasteiger partial charge in [-0.3, -0.25) is 4.79 Å². The Bertz CT molecular complexity index is 947. The zero-order valence-electron chi connectivity index (χ0n) is 17.5. The summed E-state index contributed by atoms with van der Waals surface area (Å²) in [4.78, 5) is 24.1. The molecule has 2 aromatic carbocycles. The number of esters is 1. The minimum Gasteiger partial charge on any atom is -0.496 e. The molecule has 0 heterocycles. The van der Waals surface area contributed by atoms with Gasteiger partial charge in [-0.25, -0.2) is 4.79 Å². The van der Waals surface area contributed by atoms with Gasteiger partial charge in [-0.2, -0.15) is 0 Å². The third kappa shape index (κ3) is 5.90. The maximum absolute atomic E-state index is 12.1. The molecule has 0 fully saturated rings. The molecule has 0 aliphatic heterocycles. The van der Waals surface area contributed by atoms with E-state index in [1.807, 2.05) is 19.9 Å². The van der Waals surface area contributed by atoms with E-state index in [1.54, 1.807) is 18.2 Å². The van der Waals surface area contributed by atoms with Crippen LogP contribution >= 0.6 is 11.6 Å². The van der Waals surface area contributed by atoms with Crippen molar-refractivity contribution in [3.05, 3.63) is 52.1 Å². The van der Waals surface area contributed by atoms with E-state index in [9.17, 15) is 9.59 Å². The fourth-order valence-electron chi connectivity index (χ4n) is 2.78. The van der Waals surface area contributed by atoms with Crippen LogP contribution in [0.25, 0.3) is 6.08 Å². The van der Waals surface area contributed by atoms with Crippen molar-refractivity contribution in [2.45, 2.75) is 13.8 Å². The molecule has 0 saturated carbocycles. The number of hydrogen-bond acceptors (Lipinski definition) is 6. The fraction of sp³-hybridized carbons (Fsp3) is 0.273. The lowest BCUT2D eigenvalue weighted by Gasteiger charge is -2.12. The number of anilines is 1. The Morgan fingerprint density at radius 1 is 0.967 bits per heavy atom. The average Bonchev–Trinajstić information content (AvgIpc) is 2.72. The summed E-state index contributed by atoms with van der Waals surface area (Å²) in [5.74, 6) is 0.286. The molecule has 0 atom stereocenters. The molecule has 0 unspecified atom stereocenters. The molecule has 0 radical (unpaired) electrons. The Morgan fingerprint density at radius 2 is 1.60 bits per heavy atom. The van der Waals surface area contributed by atoms with Gasteiger partial charge >= 0.3 is 5.97 Å². The van der Waals surface area contributed by atoms with E-state index in [0.717, 1.165) is 11.1 Å². The first-order valence-electron chi connectivity index (χ1n) is 9.00. The summed E-state index contributed by atoms with van der Waals surface area (Å²) < 4.78 is 20.8. The van der Waals surface area contributed by atoms with Crippen LogP contribution in [0.4, 0.5) is 5.69 Å². The van der Waals surface area contributed by atoms with Gasteiger partial charge in [0.2, 0.25) is 0 Å². The smallest absolute Gasteiger partial charge is 0.331 e. The molecule has 0 aliphatic rings. The number of methoxy groups -OCH3 is 3. The monoisotopic (exact) mass is 433 g/mol. The van der Waals surface area contributed by atoms with Crippen LogP contribution < -0.4 is 19.5 Å². The van der Waals surface area contributed by atoms with Crippen molar-refractivity contribution >= 4 is 35.2 Å². The number of hydrogen-bond donors (Lipinski definition) is 1. The largest absolute Gasteiger partial charge is 0.496 e. The third-order valence-electron chi connectivity index (χ3n) is 4.18. The SMILES string of the molecule is COc1cc(OC)c(OC)cc1/C=C/C(=O)OCC(=O)Nc1c(C)cc(C)cc1Cl. The highest BCUT2D eigenvalue weighted by molar-refractivity contribution is 6.34. The maximum Gasteiger partial charge on any atom is 0.331 e. The van der Waals surface area contributed by atoms with Crippen molar-refractivity contribution < 1.29 is 28.5 Å². The molecule has 1 N–H and O–H groups in total. The van der Waals surface area contributed by atoms with Crippen molar-refractivity contribution in [3.8, 4) is 17.2 Å². The van der Waals surface area contributed by atoms with Gasteiger partial charge in [0.05, 0.1) is 32.0 Å². The lowest BCUT2D eigenvalue weighted by molar-refractivity contribution is -0.142. The molecule has 0 spiro atoms. The number of amides is 1. The maximum atomic E-state index is 12.1. The highest BCUT2D eigenvalue weighted by atomic mass is 35.5. The van der Waals surface area contributed by atoms with Crippen molar-refractivity contribution in [2.24, 2.45) is 0 Å². The van der Waals surface area contributed by atoms with E-state index in [4.69, 9.17) is 30.5 Å². The Balaban J connectivity index is 2.01. The number of carbonyl (C=O) groups excluding carboxylic acids is 2. The van der Waals surface area contributed by atoms with Crippen molar-refractivity contribution in [1.82, 2.24) is 0 Å². The van der Waals surface area contributed by atoms with Crippen LogP contribution in [0.1, 0.15) is 16.7 Å². The second-order valence-electron chi connectivity index (χ2n) is 6.38. The highest BCUT2D eigenvalue weighted by Crippen LogP contribution is 2.35. The number of halogens is 1.